The summed E-state index contributed by atoms with van der Waals surface area (Å²) in [6.45, 7) is 0.237. The fourth-order valence-electron chi connectivity index (χ4n) is 1.51. The van der Waals surface area contributed by atoms with E-state index >= 15 is 0 Å². The topological polar surface area (TPSA) is 92.7 Å². The molecule has 1 aromatic carbocycles. The van der Waals surface area contributed by atoms with E-state index in [9.17, 15) is 14.4 Å². The van der Waals surface area contributed by atoms with Crippen molar-refractivity contribution in [2.75, 3.05) is 13.7 Å². The van der Waals surface area contributed by atoms with Crippen molar-refractivity contribution in [3.8, 4) is 0 Å². The van der Waals surface area contributed by atoms with Crippen LogP contribution in [0.4, 0.5) is 0 Å². The van der Waals surface area contributed by atoms with E-state index in [-0.39, 0.29) is 24.1 Å². The van der Waals surface area contributed by atoms with E-state index in [0.717, 1.165) is 0 Å². The zero-order valence-corrected chi connectivity index (χ0v) is 10.5. The van der Waals surface area contributed by atoms with Crippen molar-refractivity contribution in [3.05, 3.63) is 35.4 Å². The molecule has 0 fully saturated rings. The van der Waals surface area contributed by atoms with Crippen molar-refractivity contribution in [1.29, 1.82) is 0 Å². The molecule has 0 aliphatic heterocycles. The Kier molecular flexibility index (Phi) is 5.53. The molecule has 102 valence electrons. The Morgan fingerprint density at radius 2 is 1.84 bits per heavy atom. The van der Waals surface area contributed by atoms with Crippen LogP contribution in [0.2, 0.25) is 0 Å². The van der Waals surface area contributed by atoms with Crippen LogP contribution >= 0.6 is 0 Å². The maximum absolute atomic E-state index is 11.9. The first kappa shape index (κ1) is 14.7. The normalized spacial score (nSPS) is 9.74. The lowest BCUT2D eigenvalue weighted by Gasteiger charge is -2.08. The molecule has 6 heteroatoms. The van der Waals surface area contributed by atoms with Gasteiger partial charge in [0.05, 0.1) is 18.2 Å². The highest BCUT2D eigenvalue weighted by atomic mass is 16.5. The van der Waals surface area contributed by atoms with Crippen LogP contribution in [0.5, 0.6) is 0 Å². The minimum atomic E-state index is -0.913. The number of carbonyl (C=O) groups excluding carboxylic acids is 2. The van der Waals surface area contributed by atoms with Crippen LogP contribution in [-0.4, -0.2) is 36.6 Å². The minimum absolute atomic E-state index is 0.0150. The average Bonchev–Trinajstić information content (AvgIpc) is 2.42. The molecule has 0 bridgehead atoms. The molecular formula is C13H15NO5. The molecule has 19 heavy (non-hydrogen) atoms. The fraction of sp³-hybridized carbons (Fsp3) is 0.308. The van der Waals surface area contributed by atoms with E-state index in [1.807, 2.05) is 0 Å². The summed E-state index contributed by atoms with van der Waals surface area (Å²) >= 11 is 0. The van der Waals surface area contributed by atoms with Crippen LogP contribution in [0.15, 0.2) is 24.3 Å². The number of carboxylic acid groups (broad SMARTS) is 1. The summed E-state index contributed by atoms with van der Waals surface area (Å²) in [6.07, 6.45) is 0.320. The van der Waals surface area contributed by atoms with E-state index in [2.05, 4.69) is 10.1 Å². The number of ether oxygens (including phenoxy) is 1. The van der Waals surface area contributed by atoms with Gasteiger partial charge >= 0.3 is 11.9 Å². The van der Waals surface area contributed by atoms with Crippen LogP contribution in [0.1, 0.15) is 33.6 Å². The zero-order valence-electron chi connectivity index (χ0n) is 10.5. The van der Waals surface area contributed by atoms with E-state index < -0.39 is 17.8 Å². The number of hydrogen-bond donors (Lipinski definition) is 2. The highest BCUT2D eigenvalue weighted by Gasteiger charge is 2.16. The van der Waals surface area contributed by atoms with Crippen LogP contribution in [-0.2, 0) is 9.53 Å². The van der Waals surface area contributed by atoms with Gasteiger partial charge in [0, 0.05) is 13.0 Å². The van der Waals surface area contributed by atoms with Crippen molar-refractivity contribution in [2.24, 2.45) is 0 Å². The third-order valence-corrected chi connectivity index (χ3v) is 2.43. The number of benzene rings is 1. The summed E-state index contributed by atoms with van der Waals surface area (Å²) in [5, 5.41) is 11.0. The van der Waals surface area contributed by atoms with Crippen molar-refractivity contribution in [3.63, 3.8) is 0 Å². The number of methoxy groups -OCH3 is 1. The number of nitrogens with one attached hydrogen (secondary N) is 1. The van der Waals surface area contributed by atoms with Gasteiger partial charge < -0.3 is 15.2 Å². The highest BCUT2D eigenvalue weighted by molar-refractivity contribution is 6.05. The Morgan fingerprint density at radius 1 is 1.21 bits per heavy atom. The van der Waals surface area contributed by atoms with Gasteiger partial charge in [0.15, 0.2) is 0 Å². The molecule has 0 radical (unpaired) electrons. The van der Waals surface area contributed by atoms with Gasteiger partial charge in [-0.05, 0) is 18.6 Å². The molecular weight excluding hydrogens is 250 g/mol. The maximum atomic E-state index is 11.9. The molecule has 0 saturated carbocycles. The maximum Gasteiger partial charge on any atom is 0.338 e. The lowest BCUT2D eigenvalue weighted by molar-refractivity contribution is -0.137. The molecule has 6 nitrogen and oxygen atoms in total. The summed E-state index contributed by atoms with van der Waals surface area (Å²) in [5.41, 5.74) is 0.394. The summed E-state index contributed by atoms with van der Waals surface area (Å²) in [4.78, 5) is 33.7. The number of aliphatic carboxylic acids is 1. The largest absolute Gasteiger partial charge is 0.481 e. The van der Waals surface area contributed by atoms with Gasteiger partial charge in [0.2, 0.25) is 0 Å². The second-order valence-electron chi connectivity index (χ2n) is 3.79. The van der Waals surface area contributed by atoms with Crippen LogP contribution in [0, 0.1) is 0 Å². The van der Waals surface area contributed by atoms with Gasteiger partial charge in [-0.3, -0.25) is 9.59 Å². The third-order valence-electron chi connectivity index (χ3n) is 2.43. The number of esters is 1. The first-order chi connectivity index (χ1) is 9.06. The van der Waals surface area contributed by atoms with E-state index in [4.69, 9.17) is 5.11 Å². The SMILES string of the molecule is COC(=O)c1ccccc1C(=O)NCCCC(=O)O. The van der Waals surface area contributed by atoms with Crippen molar-refractivity contribution in [2.45, 2.75) is 12.8 Å². The quantitative estimate of drug-likeness (QED) is 0.592. The molecule has 0 aliphatic carbocycles. The fourth-order valence-corrected chi connectivity index (χ4v) is 1.51. The summed E-state index contributed by atoms with van der Waals surface area (Å²) in [6, 6.07) is 6.28. The molecule has 0 atom stereocenters. The smallest absolute Gasteiger partial charge is 0.338 e. The van der Waals surface area contributed by atoms with Crippen molar-refractivity contribution in [1.82, 2.24) is 5.32 Å². The molecule has 0 aromatic heterocycles. The van der Waals surface area contributed by atoms with Gasteiger partial charge in [0.25, 0.3) is 5.91 Å². The van der Waals surface area contributed by atoms with Crippen molar-refractivity contribution >= 4 is 17.8 Å². The predicted molar refractivity (Wildman–Crippen MR) is 67.0 cm³/mol. The predicted octanol–water partition coefficient (Wildman–Crippen LogP) is 1.07. The summed E-state index contributed by atoms with van der Waals surface area (Å²) in [7, 11) is 1.24. The molecule has 0 unspecified atom stereocenters. The Hall–Kier alpha value is -2.37. The van der Waals surface area contributed by atoms with Crippen LogP contribution in [0.25, 0.3) is 0 Å². The zero-order chi connectivity index (χ0) is 14.3. The molecule has 1 rings (SSSR count). The van der Waals surface area contributed by atoms with Gasteiger partial charge in [-0.25, -0.2) is 4.79 Å². The molecule has 0 spiro atoms. The van der Waals surface area contributed by atoms with E-state index in [1.54, 1.807) is 12.1 Å². The van der Waals surface area contributed by atoms with E-state index in [0.29, 0.717) is 6.42 Å². The Bertz CT molecular complexity index is 484. The molecule has 1 amide bonds. The van der Waals surface area contributed by atoms with Gasteiger partial charge in [-0.2, -0.15) is 0 Å². The highest BCUT2D eigenvalue weighted by Crippen LogP contribution is 2.10. The lowest BCUT2D eigenvalue weighted by Crippen LogP contribution is -2.26. The van der Waals surface area contributed by atoms with Gasteiger partial charge in [-0.1, -0.05) is 12.1 Å². The number of carbonyl (C=O) groups is 3. The lowest BCUT2D eigenvalue weighted by atomic mass is 10.1. The van der Waals surface area contributed by atoms with Gasteiger partial charge in [-0.15, -0.1) is 0 Å². The second-order valence-corrected chi connectivity index (χ2v) is 3.79. The Labute approximate surface area is 110 Å². The second kappa shape index (κ2) is 7.15. The van der Waals surface area contributed by atoms with Gasteiger partial charge in [0.1, 0.15) is 0 Å². The first-order valence-electron chi connectivity index (χ1n) is 5.73. The number of hydrogen-bond acceptors (Lipinski definition) is 4. The first-order valence-corrected chi connectivity index (χ1v) is 5.73. The number of carboxylic acids is 1. The van der Waals surface area contributed by atoms with Crippen LogP contribution in [0.3, 0.4) is 0 Å². The molecule has 0 saturated heterocycles. The Morgan fingerprint density at radius 3 is 2.42 bits per heavy atom. The number of rotatable bonds is 6. The molecule has 2 N–H and O–H groups in total. The third kappa shape index (κ3) is 4.42. The molecule has 0 aliphatic rings. The standard InChI is InChI=1S/C13H15NO5/c1-19-13(18)10-6-3-2-5-9(10)12(17)14-8-4-7-11(15)16/h2-3,5-6H,4,7-8H2,1H3,(H,14,17)(H,15,16). The summed E-state index contributed by atoms with van der Waals surface area (Å²) in [5.74, 6) is -1.92. The number of amides is 1. The Balaban J connectivity index is 2.66. The molecule has 0 heterocycles. The molecule has 1 aromatic rings. The minimum Gasteiger partial charge on any atom is -0.481 e. The monoisotopic (exact) mass is 265 g/mol. The van der Waals surface area contributed by atoms with Crippen molar-refractivity contribution < 1.29 is 24.2 Å². The average molecular weight is 265 g/mol. The summed E-state index contributed by atoms with van der Waals surface area (Å²) < 4.78 is 4.59. The van der Waals surface area contributed by atoms with Crippen LogP contribution < -0.4 is 5.32 Å². The van der Waals surface area contributed by atoms with E-state index in [1.165, 1.54) is 19.2 Å².